The highest BCUT2D eigenvalue weighted by Crippen LogP contribution is 2.43. The Morgan fingerprint density at radius 3 is 2.66 bits per heavy atom. The van der Waals surface area contributed by atoms with Gasteiger partial charge in [-0.25, -0.2) is 24.3 Å². The standard InChI is InChI=1S/C28H26FN7O2/c1-16-12-19(6-5-11-37-4)32-14-20(16)25-23(24-26(30)33-15-34-27(24)36(25)3)18-7-8-22(21(29)13-18)38-28-31-10-9-17(2)35-28/h5-10,12-15H,11H2,1-4H3,(H2,30,33,34)/b6-5+. The number of methoxy groups -OCH3 is 1. The van der Waals surface area contributed by atoms with E-state index in [1.807, 2.05) is 43.7 Å². The first-order valence-electron chi connectivity index (χ1n) is 11.9. The van der Waals surface area contributed by atoms with Crippen LogP contribution in [0.5, 0.6) is 11.8 Å². The smallest absolute Gasteiger partial charge is 0.322 e. The highest BCUT2D eigenvalue weighted by atomic mass is 19.1. The average Bonchev–Trinajstić information content (AvgIpc) is 3.19. The summed E-state index contributed by atoms with van der Waals surface area (Å²) in [5, 5.41) is 0.628. The van der Waals surface area contributed by atoms with E-state index >= 15 is 4.39 Å². The second-order valence-electron chi connectivity index (χ2n) is 8.75. The first-order chi connectivity index (χ1) is 18.4. The lowest BCUT2D eigenvalue weighted by molar-refractivity contribution is 0.234. The second-order valence-corrected chi connectivity index (χ2v) is 8.75. The lowest BCUT2D eigenvalue weighted by Crippen LogP contribution is -1.98. The van der Waals surface area contributed by atoms with Crippen LogP contribution < -0.4 is 10.5 Å². The van der Waals surface area contributed by atoms with Crippen LogP contribution in [-0.4, -0.2) is 43.2 Å². The third-order valence-electron chi connectivity index (χ3n) is 6.13. The molecule has 0 saturated carbocycles. The summed E-state index contributed by atoms with van der Waals surface area (Å²) in [6.45, 7) is 4.30. The number of nitrogen functional groups attached to an aromatic ring is 1. The molecule has 0 amide bonds. The summed E-state index contributed by atoms with van der Waals surface area (Å²) < 4.78 is 28.0. The summed E-state index contributed by atoms with van der Waals surface area (Å²) in [6, 6.07) is 8.51. The number of anilines is 1. The van der Waals surface area contributed by atoms with Gasteiger partial charge in [-0.2, -0.15) is 0 Å². The van der Waals surface area contributed by atoms with Crippen LogP contribution in [0.1, 0.15) is 17.0 Å². The second kappa shape index (κ2) is 10.3. The molecule has 0 bridgehead atoms. The SMILES string of the molecule is COC/C=C/c1cc(C)c(-c2c(-c3ccc(Oc4nccc(C)n4)c(F)c3)c3c(N)ncnc3n2C)cn1. The van der Waals surface area contributed by atoms with Gasteiger partial charge in [0.05, 0.1) is 23.4 Å². The minimum atomic E-state index is -0.570. The van der Waals surface area contributed by atoms with Crippen LogP contribution >= 0.6 is 0 Å². The number of rotatable bonds is 7. The summed E-state index contributed by atoms with van der Waals surface area (Å²) in [4.78, 5) is 21.5. The maximum Gasteiger partial charge on any atom is 0.322 e. The number of ether oxygens (including phenoxy) is 2. The molecule has 0 saturated heterocycles. The molecule has 5 aromatic rings. The van der Waals surface area contributed by atoms with Crippen LogP contribution in [0.15, 0.2) is 55.1 Å². The zero-order valence-corrected chi connectivity index (χ0v) is 21.4. The number of hydrogen-bond acceptors (Lipinski definition) is 8. The normalized spacial score (nSPS) is 11.5. The highest BCUT2D eigenvalue weighted by Gasteiger charge is 2.24. The van der Waals surface area contributed by atoms with Gasteiger partial charge in [0.2, 0.25) is 0 Å². The van der Waals surface area contributed by atoms with Crippen LogP contribution in [0, 0.1) is 19.7 Å². The Kier molecular flexibility index (Phi) is 6.80. The Hall–Kier alpha value is -4.70. The van der Waals surface area contributed by atoms with Crippen molar-refractivity contribution in [2.24, 2.45) is 7.05 Å². The van der Waals surface area contributed by atoms with Crippen molar-refractivity contribution in [3.05, 3.63) is 77.9 Å². The molecule has 1 aromatic carbocycles. The van der Waals surface area contributed by atoms with Crippen LogP contribution in [0.4, 0.5) is 10.2 Å². The molecule has 0 aliphatic carbocycles. The van der Waals surface area contributed by atoms with E-state index in [0.29, 0.717) is 40.3 Å². The molecule has 4 aromatic heterocycles. The quantitative estimate of drug-likeness (QED) is 0.314. The van der Waals surface area contributed by atoms with Gasteiger partial charge in [0.15, 0.2) is 11.6 Å². The number of fused-ring (bicyclic) bond motifs is 1. The molecule has 0 unspecified atom stereocenters. The van der Waals surface area contributed by atoms with Crippen LogP contribution in [0.2, 0.25) is 0 Å². The fraction of sp³-hybridized carbons (Fsp3) is 0.179. The average molecular weight is 512 g/mol. The first kappa shape index (κ1) is 25.0. The molecule has 0 aliphatic heterocycles. The Labute approximate surface area is 218 Å². The number of hydrogen-bond donors (Lipinski definition) is 1. The van der Waals surface area contributed by atoms with Gasteiger partial charge >= 0.3 is 6.01 Å². The number of benzene rings is 1. The summed E-state index contributed by atoms with van der Waals surface area (Å²) >= 11 is 0. The number of nitrogens with zero attached hydrogens (tertiary/aromatic N) is 6. The van der Waals surface area contributed by atoms with Gasteiger partial charge < -0.3 is 19.8 Å². The Morgan fingerprint density at radius 1 is 1.08 bits per heavy atom. The predicted octanol–water partition coefficient (Wildman–Crippen LogP) is 5.28. The topological polar surface area (TPSA) is 114 Å². The Balaban J connectivity index is 1.65. The monoisotopic (exact) mass is 511 g/mol. The zero-order chi connectivity index (χ0) is 26.8. The molecular formula is C28H26FN7O2. The van der Waals surface area contributed by atoms with Crippen LogP contribution in [0.25, 0.3) is 39.5 Å². The summed E-state index contributed by atoms with van der Waals surface area (Å²) in [5.41, 5.74) is 12.4. The molecule has 0 aliphatic rings. The molecule has 5 rings (SSSR count). The summed E-state index contributed by atoms with van der Waals surface area (Å²) in [7, 11) is 3.53. The molecule has 0 atom stereocenters. The van der Waals surface area contributed by atoms with Gasteiger partial charge in [-0.1, -0.05) is 12.1 Å². The summed E-state index contributed by atoms with van der Waals surface area (Å²) in [5.74, 6) is -0.264. The number of nitrogens with two attached hydrogens (primary N) is 1. The molecular weight excluding hydrogens is 485 g/mol. The van der Waals surface area contributed by atoms with E-state index in [-0.39, 0.29) is 11.8 Å². The van der Waals surface area contributed by atoms with E-state index in [1.54, 1.807) is 37.7 Å². The lowest BCUT2D eigenvalue weighted by atomic mass is 9.97. The van der Waals surface area contributed by atoms with Gasteiger partial charge in [-0.15, -0.1) is 0 Å². The fourth-order valence-electron chi connectivity index (χ4n) is 4.37. The zero-order valence-electron chi connectivity index (χ0n) is 21.4. The van der Waals surface area contributed by atoms with Crippen LogP contribution in [0.3, 0.4) is 0 Å². The van der Waals surface area contributed by atoms with Crippen molar-refractivity contribution in [1.82, 2.24) is 29.5 Å². The van der Waals surface area contributed by atoms with E-state index in [9.17, 15) is 0 Å². The molecule has 38 heavy (non-hydrogen) atoms. The van der Waals surface area contributed by atoms with Crippen molar-refractivity contribution >= 4 is 22.9 Å². The van der Waals surface area contributed by atoms with E-state index in [0.717, 1.165) is 22.5 Å². The van der Waals surface area contributed by atoms with Crippen molar-refractivity contribution < 1.29 is 13.9 Å². The number of aryl methyl sites for hydroxylation is 3. The molecule has 2 N–H and O–H groups in total. The molecule has 0 radical (unpaired) electrons. The predicted molar refractivity (Wildman–Crippen MR) is 144 cm³/mol. The van der Waals surface area contributed by atoms with Crippen molar-refractivity contribution in [1.29, 1.82) is 0 Å². The summed E-state index contributed by atoms with van der Waals surface area (Å²) in [6.07, 6.45) is 8.57. The molecule has 9 nitrogen and oxygen atoms in total. The van der Waals surface area contributed by atoms with Gasteiger partial charge in [0.25, 0.3) is 0 Å². The number of pyridine rings is 1. The van der Waals surface area contributed by atoms with E-state index < -0.39 is 5.82 Å². The van der Waals surface area contributed by atoms with Gasteiger partial charge in [0.1, 0.15) is 17.8 Å². The molecule has 192 valence electrons. The van der Waals surface area contributed by atoms with Gasteiger partial charge in [-0.3, -0.25) is 4.98 Å². The number of halogens is 1. The Morgan fingerprint density at radius 2 is 1.92 bits per heavy atom. The first-order valence-corrected chi connectivity index (χ1v) is 11.9. The minimum absolute atomic E-state index is 0.00963. The lowest BCUT2D eigenvalue weighted by Gasteiger charge is -2.13. The molecule has 4 heterocycles. The van der Waals surface area contributed by atoms with Gasteiger partial charge in [0, 0.05) is 43.4 Å². The van der Waals surface area contributed by atoms with Gasteiger partial charge in [-0.05, 0) is 55.3 Å². The van der Waals surface area contributed by atoms with E-state index in [4.69, 9.17) is 15.2 Å². The maximum atomic E-state index is 15.4. The Bertz CT molecular complexity index is 1680. The van der Waals surface area contributed by atoms with Crippen LogP contribution in [-0.2, 0) is 11.8 Å². The minimum Gasteiger partial charge on any atom is -0.421 e. The van der Waals surface area contributed by atoms with Crippen molar-refractivity contribution in [2.75, 3.05) is 19.5 Å². The van der Waals surface area contributed by atoms with E-state index in [1.165, 1.54) is 12.4 Å². The fourth-order valence-corrected chi connectivity index (χ4v) is 4.37. The molecule has 10 heteroatoms. The maximum absolute atomic E-state index is 15.4. The van der Waals surface area contributed by atoms with Crippen molar-refractivity contribution in [2.45, 2.75) is 13.8 Å². The van der Waals surface area contributed by atoms with Crippen molar-refractivity contribution in [3.63, 3.8) is 0 Å². The largest absolute Gasteiger partial charge is 0.421 e. The molecule has 0 fully saturated rings. The highest BCUT2D eigenvalue weighted by molar-refractivity contribution is 6.08. The van der Waals surface area contributed by atoms with E-state index in [2.05, 4.69) is 24.9 Å². The van der Waals surface area contributed by atoms with Crippen molar-refractivity contribution in [3.8, 4) is 34.1 Å². The number of aromatic nitrogens is 6. The molecule has 0 spiro atoms. The third-order valence-corrected chi connectivity index (χ3v) is 6.13. The third kappa shape index (κ3) is 4.69.